The second-order valence-electron chi connectivity index (χ2n) is 6.38. The Bertz CT molecular complexity index is 608. The number of nitrogens with one attached hydrogen (secondary N) is 1. The molecule has 3 nitrogen and oxygen atoms in total. The zero-order chi connectivity index (χ0) is 16.7. The van der Waals surface area contributed by atoms with Gasteiger partial charge in [0.05, 0.1) is 12.2 Å². The lowest BCUT2D eigenvalue weighted by Crippen LogP contribution is -2.18. The molecule has 2 aromatic carbocycles. The van der Waals surface area contributed by atoms with Crippen LogP contribution >= 0.6 is 0 Å². The second kappa shape index (κ2) is 8.90. The summed E-state index contributed by atoms with van der Waals surface area (Å²) in [7, 11) is 0. The van der Waals surface area contributed by atoms with Crippen molar-refractivity contribution in [3.63, 3.8) is 0 Å². The van der Waals surface area contributed by atoms with Gasteiger partial charge in [-0.25, -0.2) is 0 Å². The Labute approximate surface area is 140 Å². The lowest BCUT2D eigenvalue weighted by Gasteiger charge is -2.17. The predicted molar refractivity (Wildman–Crippen MR) is 97.1 cm³/mol. The van der Waals surface area contributed by atoms with Crippen LogP contribution in [0.5, 0.6) is 5.75 Å². The molecular weight excluding hydrogens is 286 g/mol. The van der Waals surface area contributed by atoms with Gasteiger partial charge in [0, 0.05) is 18.7 Å². The van der Waals surface area contributed by atoms with Gasteiger partial charge < -0.3 is 14.8 Å². The van der Waals surface area contributed by atoms with Gasteiger partial charge >= 0.3 is 0 Å². The molecule has 2 rings (SSSR count). The molecule has 0 unspecified atom stereocenters. The summed E-state index contributed by atoms with van der Waals surface area (Å²) >= 11 is 0. The largest absolute Gasteiger partial charge is 0.491 e. The van der Waals surface area contributed by atoms with E-state index in [1.54, 1.807) is 0 Å². The maximum Gasteiger partial charge on any atom is 0.124 e. The predicted octanol–water partition coefficient (Wildman–Crippen LogP) is 4.53. The highest BCUT2D eigenvalue weighted by atomic mass is 16.5. The Morgan fingerprint density at radius 2 is 1.74 bits per heavy atom. The van der Waals surface area contributed by atoms with Crippen LogP contribution in [0.1, 0.15) is 39.7 Å². The van der Waals surface area contributed by atoms with Crippen LogP contribution in [0.15, 0.2) is 36.4 Å². The van der Waals surface area contributed by atoms with Crippen molar-refractivity contribution >= 4 is 10.8 Å². The quantitative estimate of drug-likeness (QED) is 0.690. The molecule has 0 aliphatic heterocycles. The van der Waals surface area contributed by atoms with Crippen LogP contribution in [-0.2, 0) is 11.3 Å². The lowest BCUT2D eigenvalue weighted by molar-refractivity contribution is 0.0770. The molecule has 0 aromatic heterocycles. The monoisotopic (exact) mass is 315 g/mol. The van der Waals surface area contributed by atoms with E-state index in [2.05, 4.69) is 69.4 Å². The van der Waals surface area contributed by atoms with Gasteiger partial charge in [0.25, 0.3) is 0 Å². The maximum absolute atomic E-state index is 6.00. The van der Waals surface area contributed by atoms with E-state index in [4.69, 9.17) is 9.47 Å². The Balaban J connectivity index is 2.04. The van der Waals surface area contributed by atoms with Crippen LogP contribution in [-0.4, -0.2) is 25.4 Å². The normalized spacial score (nSPS) is 11.6. The molecule has 0 amide bonds. The van der Waals surface area contributed by atoms with E-state index in [1.165, 1.54) is 16.3 Å². The van der Waals surface area contributed by atoms with Gasteiger partial charge in [-0.05, 0) is 57.5 Å². The van der Waals surface area contributed by atoms with Crippen LogP contribution in [0.3, 0.4) is 0 Å². The standard InChI is InChI=1S/C20H29NO2/c1-15(2)22-13-7-12-21-14-19-18-9-6-5-8-17(18)10-11-20(19)23-16(3)4/h5-6,8-11,15-16,21H,7,12-14H2,1-4H3. The van der Waals surface area contributed by atoms with Crippen molar-refractivity contribution < 1.29 is 9.47 Å². The van der Waals surface area contributed by atoms with E-state index >= 15 is 0 Å². The topological polar surface area (TPSA) is 30.5 Å². The van der Waals surface area contributed by atoms with Gasteiger partial charge in [0.1, 0.15) is 5.75 Å². The molecule has 0 fully saturated rings. The minimum atomic E-state index is 0.175. The molecule has 0 atom stereocenters. The van der Waals surface area contributed by atoms with E-state index in [9.17, 15) is 0 Å². The fourth-order valence-electron chi connectivity index (χ4n) is 2.59. The average molecular weight is 315 g/mol. The Morgan fingerprint density at radius 1 is 0.957 bits per heavy atom. The minimum Gasteiger partial charge on any atom is -0.491 e. The highest BCUT2D eigenvalue weighted by molar-refractivity contribution is 5.87. The van der Waals surface area contributed by atoms with Gasteiger partial charge in [-0.3, -0.25) is 0 Å². The number of hydrogen-bond acceptors (Lipinski definition) is 3. The number of benzene rings is 2. The van der Waals surface area contributed by atoms with Crippen LogP contribution in [0, 0.1) is 0 Å². The third-order valence-electron chi connectivity index (χ3n) is 3.61. The maximum atomic E-state index is 6.00. The van der Waals surface area contributed by atoms with Crippen molar-refractivity contribution in [2.24, 2.45) is 0 Å². The molecule has 0 heterocycles. The van der Waals surface area contributed by atoms with Gasteiger partial charge in [-0.15, -0.1) is 0 Å². The summed E-state index contributed by atoms with van der Waals surface area (Å²) in [4.78, 5) is 0. The summed E-state index contributed by atoms with van der Waals surface area (Å²) in [5.74, 6) is 0.977. The first-order chi connectivity index (χ1) is 11.1. The smallest absolute Gasteiger partial charge is 0.124 e. The van der Waals surface area contributed by atoms with E-state index in [0.717, 1.165) is 31.9 Å². The fourth-order valence-corrected chi connectivity index (χ4v) is 2.59. The summed E-state index contributed by atoms with van der Waals surface area (Å²) in [6.45, 7) is 10.8. The van der Waals surface area contributed by atoms with Crippen molar-refractivity contribution in [3.05, 3.63) is 42.0 Å². The average Bonchev–Trinajstić information content (AvgIpc) is 2.51. The first-order valence-electron chi connectivity index (χ1n) is 8.57. The highest BCUT2D eigenvalue weighted by Crippen LogP contribution is 2.28. The summed E-state index contributed by atoms with van der Waals surface area (Å²) in [5.41, 5.74) is 1.24. The minimum absolute atomic E-state index is 0.175. The molecule has 0 aliphatic carbocycles. The summed E-state index contributed by atoms with van der Waals surface area (Å²) in [5, 5.41) is 6.04. The van der Waals surface area contributed by atoms with Gasteiger partial charge in [-0.1, -0.05) is 30.3 Å². The first-order valence-corrected chi connectivity index (χ1v) is 8.57. The van der Waals surface area contributed by atoms with E-state index in [-0.39, 0.29) is 6.10 Å². The molecule has 3 heteroatoms. The molecule has 0 saturated heterocycles. The molecule has 0 aliphatic rings. The molecule has 2 aromatic rings. The van der Waals surface area contributed by atoms with Crippen molar-refractivity contribution in [2.45, 2.75) is 52.9 Å². The van der Waals surface area contributed by atoms with Crippen LogP contribution in [0.2, 0.25) is 0 Å². The zero-order valence-corrected chi connectivity index (χ0v) is 14.8. The van der Waals surface area contributed by atoms with E-state index < -0.39 is 0 Å². The Morgan fingerprint density at radius 3 is 2.48 bits per heavy atom. The van der Waals surface area contributed by atoms with Crippen LogP contribution < -0.4 is 10.1 Å². The molecule has 1 N–H and O–H groups in total. The molecular formula is C20H29NO2. The molecule has 0 radical (unpaired) electrons. The van der Waals surface area contributed by atoms with Crippen molar-refractivity contribution in [2.75, 3.05) is 13.2 Å². The lowest BCUT2D eigenvalue weighted by atomic mass is 10.0. The third-order valence-corrected chi connectivity index (χ3v) is 3.61. The van der Waals surface area contributed by atoms with E-state index in [0.29, 0.717) is 6.10 Å². The molecule has 23 heavy (non-hydrogen) atoms. The highest BCUT2D eigenvalue weighted by Gasteiger charge is 2.10. The van der Waals surface area contributed by atoms with Gasteiger partial charge in [-0.2, -0.15) is 0 Å². The number of hydrogen-bond donors (Lipinski definition) is 1. The van der Waals surface area contributed by atoms with Crippen molar-refractivity contribution in [1.82, 2.24) is 5.32 Å². The fraction of sp³-hybridized carbons (Fsp3) is 0.500. The molecule has 0 saturated carbocycles. The van der Waals surface area contributed by atoms with Gasteiger partial charge in [0.15, 0.2) is 0 Å². The molecule has 126 valence electrons. The Hall–Kier alpha value is -1.58. The Kier molecular flexibility index (Phi) is 6.87. The van der Waals surface area contributed by atoms with E-state index in [1.807, 2.05) is 0 Å². The number of fused-ring (bicyclic) bond motifs is 1. The van der Waals surface area contributed by atoms with Crippen LogP contribution in [0.4, 0.5) is 0 Å². The number of rotatable bonds is 9. The van der Waals surface area contributed by atoms with Crippen molar-refractivity contribution in [3.8, 4) is 5.75 Å². The molecule has 0 spiro atoms. The summed E-state index contributed by atoms with van der Waals surface area (Å²) in [6.07, 6.45) is 1.50. The number of ether oxygens (including phenoxy) is 2. The van der Waals surface area contributed by atoms with Crippen LogP contribution in [0.25, 0.3) is 10.8 Å². The summed E-state index contributed by atoms with van der Waals surface area (Å²) in [6, 6.07) is 12.7. The SMILES string of the molecule is CC(C)OCCCNCc1c(OC(C)C)ccc2ccccc12. The van der Waals surface area contributed by atoms with Gasteiger partial charge in [0.2, 0.25) is 0 Å². The first kappa shape index (κ1) is 17.8. The molecule has 0 bridgehead atoms. The second-order valence-corrected chi connectivity index (χ2v) is 6.38. The van der Waals surface area contributed by atoms with Crippen molar-refractivity contribution in [1.29, 1.82) is 0 Å². The summed E-state index contributed by atoms with van der Waals surface area (Å²) < 4.78 is 11.6. The zero-order valence-electron chi connectivity index (χ0n) is 14.8. The third kappa shape index (κ3) is 5.52.